The van der Waals surface area contributed by atoms with Crippen molar-refractivity contribution in [3.63, 3.8) is 0 Å². The van der Waals surface area contributed by atoms with E-state index in [1.807, 2.05) is 20.0 Å². The van der Waals surface area contributed by atoms with Gasteiger partial charge in [0.2, 0.25) is 0 Å². The fraction of sp³-hybridized carbons (Fsp3) is 0.611. The molecule has 138 valence electrons. The van der Waals surface area contributed by atoms with Gasteiger partial charge in [-0.15, -0.1) is 12.4 Å². The van der Waals surface area contributed by atoms with Crippen LogP contribution < -0.4 is 5.73 Å². The maximum atomic E-state index is 13.0. The second kappa shape index (κ2) is 7.70. The predicted octanol–water partition coefficient (Wildman–Crippen LogP) is 3.28. The van der Waals surface area contributed by atoms with Gasteiger partial charge in [-0.05, 0) is 38.2 Å². The lowest BCUT2D eigenvalue weighted by Gasteiger charge is -2.22. The van der Waals surface area contributed by atoms with Crippen molar-refractivity contribution in [2.75, 3.05) is 13.6 Å². The summed E-state index contributed by atoms with van der Waals surface area (Å²) in [5.74, 6) is 0.834. The summed E-state index contributed by atoms with van der Waals surface area (Å²) in [6.45, 7) is 6.67. The third kappa shape index (κ3) is 4.12. The van der Waals surface area contributed by atoms with Gasteiger partial charge in [0.15, 0.2) is 0 Å². The zero-order chi connectivity index (χ0) is 17.4. The van der Waals surface area contributed by atoms with E-state index in [4.69, 9.17) is 10.3 Å². The van der Waals surface area contributed by atoms with Crippen molar-refractivity contribution >= 4 is 29.4 Å². The molecule has 1 aliphatic rings. The molecular weight excluding hydrogens is 340 g/mol. The largest absolute Gasteiger partial charge is 0.342 e. The van der Waals surface area contributed by atoms with E-state index in [1.54, 1.807) is 4.90 Å². The standard InChI is InChI=1S/C18H26N4O2.ClH/c1-10(2)14(19)7-8-22(4)18(23)13-9-15(12-5-6-12)20-17-16(13)11(3)21-24-17;/h9-10,12,14H,5-8,19H2,1-4H3;1H. The number of hydrogen-bond donors (Lipinski definition) is 1. The van der Waals surface area contributed by atoms with Crippen LogP contribution in [0.5, 0.6) is 0 Å². The Labute approximate surface area is 154 Å². The van der Waals surface area contributed by atoms with Gasteiger partial charge in [0.1, 0.15) is 0 Å². The maximum Gasteiger partial charge on any atom is 0.259 e. The van der Waals surface area contributed by atoms with Crippen molar-refractivity contribution < 1.29 is 9.32 Å². The molecule has 25 heavy (non-hydrogen) atoms. The Balaban J connectivity index is 0.00000225. The van der Waals surface area contributed by atoms with Gasteiger partial charge in [-0.2, -0.15) is 0 Å². The van der Waals surface area contributed by atoms with Gasteiger partial charge < -0.3 is 15.2 Å². The molecule has 0 saturated heterocycles. The fourth-order valence-corrected chi connectivity index (χ4v) is 2.85. The number of pyridine rings is 1. The summed E-state index contributed by atoms with van der Waals surface area (Å²) >= 11 is 0. The molecule has 0 aliphatic heterocycles. The van der Waals surface area contributed by atoms with Crippen LogP contribution in [0.2, 0.25) is 0 Å². The third-order valence-corrected chi connectivity index (χ3v) is 4.86. The number of amides is 1. The highest BCUT2D eigenvalue weighted by atomic mass is 35.5. The average Bonchev–Trinajstić information content (AvgIpc) is 3.34. The van der Waals surface area contributed by atoms with Gasteiger partial charge >= 0.3 is 0 Å². The lowest BCUT2D eigenvalue weighted by molar-refractivity contribution is 0.0791. The molecule has 1 saturated carbocycles. The molecule has 0 aromatic carbocycles. The number of nitrogens with two attached hydrogens (primary N) is 1. The highest BCUT2D eigenvalue weighted by molar-refractivity contribution is 6.06. The number of carbonyl (C=O) groups is 1. The molecule has 1 unspecified atom stereocenters. The molecule has 1 fully saturated rings. The predicted molar refractivity (Wildman–Crippen MR) is 100 cm³/mol. The number of halogens is 1. The van der Waals surface area contributed by atoms with Crippen LogP contribution in [0.25, 0.3) is 11.1 Å². The summed E-state index contributed by atoms with van der Waals surface area (Å²) in [4.78, 5) is 19.2. The zero-order valence-electron chi connectivity index (χ0n) is 15.3. The molecule has 7 heteroatoms. The minimum absolute atomic E-state index is 0. The van der Waals surface area contributed by atoms with Crippen LogP contribution in [0.1, 0.15) is 60.8 Å². The van der Waals surface area contributed by atoms with E-state index in [1.165, 1.54) is 0 Å². The van der Waals surface area contributed by atoms with Gasteiger partial charge in [-0.25, -0.2) is 4.98 Å². The first-order valence-corrected chi connectivity index (χ1v) is 8.66. The van der Waals surface area contributed by atoms with Gasteiger partial charge in [-0.3, -0.25) is 4.79 Å². The molecule has 2 aromatic heterocycles. The van der Waals surface area contributed by atoms with E-state index in [0.717, 1.165) is 30.3 Å². The first-order valence-electron chi connectivity index (χ1n) is 8.66. The van der Waals surface area contributed by atoms with Crippen LogP contribution in [-0.4, -0.2) is 40.6 Å². The summed E-state index contributed by atoms with van der Waals surface area (Å²) in [5.41, 5.74) is 8.85. The molecule has 0 radical (unpaired) electrons. The molecule has 2 heterocycles. The first-order chi connectivity index (χ1) is 11.4. The highest BCUT2D eigenvalue weighted by Crippen LogP contribution is 2.40. The van der Waals surface area contributed by atoms with Gasteiger partial charge in [0.05, 0.1) is 16.6 Å². The molecule has 1 amide bonds. The number of aryl methyl sites for hydroxylation is 1. The lowest BCUT2D eigenvalue weighted by atomic mass is 10.0. The number of aromatic nitrogens is 2. The zero-order valence-corrected chi connectivity index (χ0v) is 16.1. The van der Waals surface area contributed by atoms with Crippen molar-refractivity contribution in [2.24, 2.45) is 11.7 Å². The summed E-state index contributed by atoms with van der Waals surface area (Å²) in [7, 11) is 1.82. The van der Waals surface area contributed by atoms with Crippen molar-refractivity contribution in [1.82, 2.24) is 15.0 Å². The van der Waals surface area contributed by atoms with Crippen molar-refractivity contribution in [2.45, 2.75) is 52.0 Å². The molecule has 3 rings (SSSR count). The third-order valence-electron chi connectivity index (χ3n) is 4.86. The van der Waals surface area contributed by atoms with E-state index in [-0.39, 0.29) is 24.4 Å². The topological polar surface area (TPSA) is 85.2 Å². The second-order valence-electron chi connectivity index (χ2n) is 7.24. The highest BCUT2D eigenvalue weighted by Gasteiger charge is 2.29. The van der Waals surface area contributed by atoms with Gasteiger partial charge in [0.25, 0.3) is 11.6 Å². The minimum atomic E-state index is -0.0217. The van der Waals surface area contributed by atoms with Crippen LogP contribution >= 0.6 is 12.4 Å². The Morgan fingerprint density at radius 3 is 2.72 bits per heavy atom. The van der Waals surface area contributed by atoms with E-state index < -0.39 is 0 Å². The number of rotatable bonds is 6. The van der Waals surface area contributed by atoms with E-state index in [9.17, 15) is 4.79 Å². The molecule has 1 aliphatic carbocycles. The van der Waals surface area contributed by atoms with Crippen LogP contribution in [0.4, 0.5) is 0 Å². The minimum Gasteiger partial charge on any atom is -0.342 e. The first kappa shape index (κ1) is 19.7. The van der Waals surface area contributed by atoms with E-state index in [0.29, 0.717) is 35.4 Å². The number of carbonyl (C=O) groups excluding carboxylic acids is 1. The summed E-state index contributed by atoms with van der Waals surface area (Å²) in [6, 6.07) is 2.02. The fourth-order valence-electron chi connectivity index (χ4n) is 2.85. The molecule has 2 N–H and O–H groups in total. The number of nitrogens with zero attached hydrogens (tertiary/aromatic N) is 3. The Morgan fingerprint density at radius 1 is 1.44 bits per heavy atom. The molecular formula is C18H27ClN4O2. The Hall–Kier alpha value is -1.66. The van der Waals surface area contributed by atoms with Crippen LogP contribution in [-0.2, 0) is 0 Å². The number of fused-ring (bicyclic) bond motifs is 1. The summed E-state index contributed by atoms with van der Waals surface area (Å²) in [6.07, 6.45) is 3.03. The number of hydrogen-bond acceptors (Lipinski definition) is 5. The van der Waals surface area contributed by atoms with Gasteiger partial charge in [0, 0.05) is 31.2 Å². The SMILES string of the molecule is Cc1noc2nc(C3CC3)cc(C(=O)N(C)CCC(N)C(C)C)c12.Cl. The molecule has 0 bridgehead atoms. The summed E-state index contributed by atoms with van der Waals surface area (Å²) < 4.78 is 5.32. The van der Waals surface area contributed by atoms with Crippen molar-refractivity contribution in [1.29, 1.82) is 0 Å². The van der Waals surface area contributed by atoms with E-state index >= 15 is 0 Å². The maximum absolute atomic E-state index is 13.0. The van der Waals surface area contributed by atoms with E-state index in [2.05, 4.69) is 24.0 Å². The Kier molecular flexibility index (Phi) is 6.06. The Bertz CT molecular complexity index is 755. The molecule has 2 aromatic rings. The molecule has 1 atom stereocenters. The van der Waals surface area contributed by atoms with Crippen LogP contribution in [0, 0.1) is 12.8 Å². The smallest absolute Gasteiger partial charge is 0.259 e. The van der Waals surface area contributed by atoms with Crippen molar-refractivity contribution in [3.8, 4) is 0 Å². The van der Waals surface area contributed by atoms with Crippen molar-refractivity contribution in [3.05, 3.63) is 23.0 Å². The normalized spacial score (nSPS) is 15.3. The molecule has 0 spiro atoms. The average molecular weight is 367 g/mol. The summed E-state index contributed by atoms with van der Waals surface area (Å²) in [5, 5.41) is 4.71. The quantitative estimate of drug-likeness (QED) is 0.847. The van der Waals surface area contributed by atoms with Crippen LogP contribution in [0.15, 0.2) is 10.6 Å². The second-order valence-corrected chi connectivity index (χ2v) is 7.24. The van der Waals surface area contributed by atoms with Gasteiger partial charge in [-0.1, -0.05) is 19.0 Å². The monoisotopic (exact) mass is 366 g/mol. The molecule has 6 nitrogen and oxygen atoms in total. The van der Waals surface area contributed by atoms with Crippen LogP contribution in [0.3, 0.4) is 0 Å². The lowest BCUT2D eigenvalue weighted by Crippen LogP contribution is -2.34. The Morgan fingerprint density at radius 2 is 2.12 bits per heavy atom.